The van der Waals surface area contributed by atoms with Gasteiger partial charge in [0, 0.05) is 6.20 Å². The maximum absolute atomic E-state index is 12.3. The lowest BCUT2D eigenvalue weighted by Crippen LogP contribution is -2.47. The molecule has 0 saturated heterocycles. The zero-order valence-electron chi connectivity index (χ0n) is 11.9. The summed E-state index contributed by atoms with van der Waals surface area (Å²) >= 11 is 0. The van der Waals surface area contributed by atoms with E-state index in [-0.39, 0.29) is 17.6 Å². The standard InChI is InChI=1S/C15H17N3O3/c1-10(2)13(18-14(19)11-6-5-9-21-11)15(20)17-12-7-3-4-8-16-12/h3-10,13H,1-2H3,(H,18,19)(H,16,17,20). The first-order valence-electron chi connectivity index (χ1n) is 6.64. The van der Waals surface area contributed by atoms with E-state index >= 15 is 0 Å². The lowest BCUT2D eigenvalue weighted by Gasteiger charge is -2.20. The highest BCUT2D eigenvalue weighted by Gasteiger charge is 2.25. The Hall–Kier alpha value is -2.63. The number of nitrogens with one attached hydrogen (secondary N) is 2. The highest BCUT2D eigenvalue weighted by molar-refractivity contribution is 5.99. The van der Waals surface area contributed by atoms with Crippen molar-refractivity contribution < 1.29 is 14.0 Å². The number of amides is 2. The van der Waals surface area contributed by atoms with Crippen LogP contribution in [0.1, 0.15) is 24.4 Å². The summed E-state index contributed by atoms with van der Waals surface area (Å²) in [5, 5.41) is 5.34. The second-order valence-electron chi connectivity index (χ2n) is 4.88. The molecule has 2 N–H and O–H groups in total. The van der Waals surface area contributed by atoms with Crippen LogP contribution in [0.25, 0.3) is 0 Å². The lowest BCUT2D eigenvalue weighted by molar-refractivity contribution is -0.118. The number of carbonyl (C=O) groups is 2. The van der Waals surface area contributed by atoms with Crippen LogP contribution in [-0.2, 0) is 4.79 Å². The molecular formula is C15H17N3O3. The van der Waals surface area contributed by atoms with Crippen molar-refractivity contribution in [3.05, 3.63) is 48.6 Å². The molecule has 0 saturated carbocycles. The number of rotatable bonds is 5. The number of nitrogens with zero attached hydrogens (tertiary/aromatic N) is 1. The molecule has 0 aliphatic rings. The number of anilines is 1. The summed E-state index contributed by atoms with van der Waals surface area (Å²) in [5.74, 6) is -0.196. The molecule has 0 spiro atoms. The van der Waals surface area contributed by atoms with Crippen molar-refractivity contribution in [2.75, 3.05) is 5.32 Å². The monoisotopic (exact) mass is 287 g/mol. The Morgan fingerprint density at radius 1 is 1.19 bits per heavy atom. The molecule has 0 fully saturated rings. The summed E-state index contributed by atoms with van der Waals surface area (Å²) in [6.45, 7) is 3.70. The average Bonchev–Trinajstić information content (AvgIpc) is 2.99. The first kappa shape index (κ1) is 14.8. The Kier molecular flexibility index (Phi) is 4.71. The average molecular weight is 287 g/mol. The Morgan fingerprint density at radius 3 is 2.57 bits per heavy atom. The van der Waals surface area contributed by atoms with E-state index in [1.54, 1.807) is 36.5 Å². The molecule has 0 aliphatic heterocycles. The first-order chi connectivity index (χ1) is 10.1. The maximum Gasteiger partial charge on any atom is 0.287 e. The molecule has 2 heterocycles. The molecule has 0 bridgehead atoms. The fourth-order valence-electron chi connectivity index (χ4n) is 1.80. The van der Waals surface area contributed by atoms with Crippen LogP contribution >= 0.6 is 0 Å². The van der Waals surface area contributed by atoms with Crippen LogP contribution in [0.15, 0.2) is 47.2 Å². The van der Waals surface area contributed by atoms with E-state index in [1.165, 1.54) is 6.26 Å². The van der Waals surface area contributed by atoms with Gasteiger partial charge in [-0.3, -0.25) is 9.59 Å². The van der Waals surface area contributed by atoms with Crippen LogP contribution in [0.4, 0.5) is 5.82 Å². The van der Waals surface area contributed by atoms with Gasteiger partial charge in [-0.2, -0.15) is 0 Å². The van der Waals surface area contributed by atoms with Gasteiger partial charge in [0.05, 0.1) is 6.26 Å². The highest BCUT2D eigenvalue weighted by Crippen LogP contribution is 2.08. The van der Waals surface area contributed by atoms with Crippen molar-refractivity contribution in [2.45, 2.75) is 19.9 Å². The largest absolute Gasteiger partial charge is 0.459 e. The lowest BCUT2D eigenvalue weighted by atomic mass is 10.0. The van der Waals surface area contributed by atoms with E-state index in [0.717, 1.165) is 0 Å². The molecule has 2 rings (SSSR count). The molecule has 6 nitrogen and oxygen atoms in total. The molecule has 110 valence electrons. The molecule has 6 heteroatoms. The summed E-state index contributed by atoms with van der Waals surface area (Å²) in [5.41, 5.74) is 0. The quantitative estimate of drug-likeness (QED) is 0.881. The van der Waals surface area contributed by atoms with E-state index < -0.39 is 11.9 Å². The molecule has 21 heavy (non-hydrogen) atoms. The topological polar surface area (TPSA) is 84.2 Å². The minimum atomic E-state index is -0.676. The highest BCUT2D eigenvalue weighted by atomic mass is 16.3. The molecule has 2 amide bonds. The maximum atomic E-state index is 12.3. The Labute approximate surface area is 122 Å². The summed E-state index contributed by atoms with van der Waals surface area (Å²) < 4.78 is 5.02. The Balaban J connectivity index is 2.05. The van der Waals surface area contributed by atoms with Gasteiger partial charge in [0.25, 0.3) is 5.91 Å². The van der Waals surface area contributed by atoms with E-state index in [2.05, 4.69) is 15.6 Å². The van der Waals surface area contributed by atoms with Gasteiger partial charge in [-0.15, -0.1) is 0 Å². The van der Waals surface area contributed by atoms with Crippen LogP contribution < -0.4 is 10.6 Å². The van der Waals surface area contributed by atoms with Crippen molar-refractivity contribution in [2.24, 2.45) is 5.92 Å². The minimum Gasteiger partial charge on any atom is -0.459 e. The Bertz CT molecular complexity index is 594. The molecular weight excluding hydrogens is 270 g/mol. The second kappa shape index (κ2) is 6.69. The normalized spacial score (nSPS) is 12.0. The van der Waals surface area contributed by atoms with Crippen LogP contribution in [0.2, 0.25) is 0 Å². The summed E-state index contributed by atoms with van der Waals surface area (Å²) in [6, 6.07) is 7.70. The van der Waals surface area contributed by atoms with Gasteiger partial charge in [0.2, 0.25) is 5.91 Å². The van der Waals surface area contributed by atoms with Crippen LogP contribution in [0, 0.1) is 5.92 Å². The van der Waals surface area contributed by atoms with Crippen molar-refractivity contribution in [1.29, 1.82) is 0 Å². The molecule has 2 aromatic rings. The van der Waals surface area contributed by atoms with Crippen LogP contribution in [0.5, 0.6) is 0 Å². The SMILES string of the molecule is CC(C)C(NC(=O)c1ccco1)C(=O)Nc1ccccn1. The van der Waals surface area contributed by atoms with E-state index in [1.807, 2.05) is 13.8 Å². The number of pyridine rings is 1. The molecule has 0 aromatic carbocycles. The second-order valence-corrected chi connectivity index (χ2v) is 4.88. The van der Waals surface area contributed by atoms with Gasteiger partial charge >= 0.3 is 0 Å². The molecule has 1 atom stereocenters. The number of aromatic nitrogens is 1. The third-order valence-electron chi connectivity index (χ3n) is 2.90. The summed E-state index contributed by atoms with van der Waals surface area (Å²) in [4.78, 5) is 28.3. The third kappa shape index (κ3) is 3.92. The van der Waals surface area contributed by atoms with Gasteiger partial charge in [0.1, 0.15) is 11.9 Å². The van der Waals surface area contributed by atoms with Gasteiger partial charge in [0.15, 0.2) is 5.76 Å². The predicted molar refractivity (Wildman–Crippen MR) is 77.7 cm³/mol. The zero-order chi connectivity index (χ0) is 15.2. The summed E-state index contributed by atoms with van der Waals surface area (Å²) in [7, 11) is 0. The number of hydrogen-bond acceptors (Lipinski definition) is 4. The van der Waals surface area contributed by atoms with E-state index in [9.17, 15) is 9.59 Å². The van der Waals surface area contributed by atoms with Gasteiger partial charge in [-0.05, 0) is 30.2 Å². The smallest absolute Gasteiger partial charge is 0.287 e. The number of furan rings is 1. The van der Waals surface area contributed by atoms with E-state index in [0.29, 0.717) is 5.82 Å². The minimum absolute atomic E-state index is 0.0763. The number of hydrogen-bond donors (Lipinski definition) is 2. The molecule has 1 unspecified atom stereocenters. The van der Waals surface area contributed by atoms with Crippen molar-refractivity contribution in [3.63, 3.8) is 0 Å². The first-order valence-corrected chi connectivity index (χ1v) is 6.64. The third-order valence-corrected chi connectivity index (χ3v) is 2.90. The van der Waals surface area contributed by atoms with Crippen molar-refractivity contribution in [3.8, 4) is 0 Å². The van der Waals surface area contributed by atoms with E-state index in [4.69, 9.17) is 4.42 Å². The molecule has 2 aromatic heterocycles. The van der Waals surface area contributed by atoms with Crippen LogP contribution in [0.3, 0.4) is 0 Å². The fraction of sp³-hybridized carbons (Fsp3) is 0.267. The number of carbonyl (C=O) groups excluding carboxylic acids is 2. The van der Waals surface area contributed by atoms with Gasteiger partial charge in [-0.25, -0.2) is 4.98 Å². The molecule has 0 aliphatic carbocycles. The van der Waals surface area contributed by atoms with Gasteiger partial charge < -0.3 is 15.1 Å². The predicted octanol–water partition coefficient (Wildman–Crippen LogP) is 2.07. The summed E-state index contributed by atoms with van der Waals surface area (Å²) in [6.07, 6.45) is 2.99. The Morgan fingerprint density at radius 2 is 2.00 bits per heavy atom. The zero-order valence-corrected chi connectivity index (χ0v) is 11.9. The van der Waals surface area contributed by atoms with Crippen molar-refractivity contribution in [1.82, 2.24) is 10.3 Å². The van der Waals surface area contributed by atoms with Crippen LogP contribution in [-0.4, -0.2) is 22.8 Å². The molecule has 0 radical (unpaired) electrons. The van der Waals surface area contributed by atoms with Crippen molar-refractivity contribution >= 4 is 17.6 Å². The van der Waals surface area contributed by atoms with Gasteiger partial charge in [-0.1, -0.05) is 19.9 Å². The fourth-order valence-corrected chi connectivity index (χ4v) is 1.80.